The summed E-state index contributed by atoms with van der Waals surface area (Å²) >= 11 is 4.78. The van der Waals surface area contributed by atoms with Crippen LogP contribution in [0.25, 0.3) is 16.6 Å². The van der Waals surface area contributed by atoms with Gasteiger partial charge in [-0.25, -0.2) is 9.97 Å². The van der Waals surface area contributed by atoms with Gasteiger partial charge < -0.3 is 4.74 Å². The molecule has 1 saturated heterocycles. The van der Waals surface area contributed by atoms with Crippen molar-refractivity contribution in [1.29, 1.82) is 0 Å². The van der Waals surface area contributed by atoms with Crippen molar-refractivity contribution in [2.75, 3.05) is 6.61 Å². The number of aromatic nitrogens is 4. The number of rotatable bonds is 5. The molecule has 0 radical (unpaired) electrons. The van der Waals surface area contributed by atoms with E-state index in [1.807, 2.05) is 24.3 Å². The van der Waals surface area contributed by atoms with Crippen molar-refractivity contribution in [3.63, 3.8) is 0 Å². The lowest BCUT2D eigenvalue weighted by Crippen LogP contribution is -2.28. The SMILES string of the molecule is O=c1c2ccccc2nc(SCc2cc(=O)n3cc(Br)ccc3n2)n1CC1CCCO1. The molecule has 4 aromatic rings. The lowest BCUT2D eigenvalue weighted by atomic mass is 10.2. The highest BCUT2D eigenvalue weighted by atomic mass is 79.9. The van der Waals surface area contributed by atoms with E-state index in [1.165, 1.54) is 22.2 Å². The van der Waals surface area contributed by atoms with Crippen molar-refractivity contribution < 1.29 is 4.74 Å². The van der Waals surface area contributed by atoms with Gasteiger partial charge in [0, 0.05) is 29.1 Å². The zero-order valence-electron chi connectivity index (χ0n) is 16.5. The van der Waals surface area contributed by atoms with Gasteiger partial charge in [-0.2, -0.15) is 0 Å². The topological polar surface area (TPSA) is 78.5 Å². The Morgan fingerprint density at radius 2 is 2.03 bits per heavy atom. The van der Waals surface area contributed by atoms with Crippen LogP contribution in [-0.2, 0) is 17.0 Å². The lowest BCUT2D eigenvalue weighted by Gasteiger charge is -2.16. The van der Waals surface area contributed by atoms with Crippen LogP contribution in [0, 0.1) is 0 Å². The molecule has 1 unspecified atom stereocenters. The third-order valence-corrected chi connectivity index (χ3v) is 6.74. The summed E-state index contributed by atoms with van der Waals surface area (Å²) in [6.45, 7) is 1.20. The van der Waals surface area contributed by atoms with Gasteiger partial charge in [0.1, 0.15) is 5.65 Å². The number of pyridine rings is 1. The van der Waals surface area contributed by atoms with Crippen LogP contribution in [0.2, 0.25) is 0 Å². The number of hydrogen-bond donors (Lipinski definition) is 0. The molecule has 158 valence electrons. The van der Waals surface area contributed by atoms with E-state index in [1.54, 1.807) is 22.9 Å². The van der Waals surface area contributed by atoms with Gasteiger partial charge in [-0.3, -0.25) is 18.6 Å². The zero-order valence-corrected chi connectivity index (χ0v) is 18.9. The van der Waals surface area contributed by atoms with Crippen LogP contribution in [0.1, 0.15) is 18.5 Å². The first-order chi connectivity index (χ1) is 15.1. The van der Waals surface area contributed by atoms with Gasteiger partial charge in [0.2, 0.25) is 0 Å². The third-order valence-electron chi connectivity index (χ3n) is 5.26. The van der Waals surface area contributed by atoms with E-state index >= 15 is 0 Å². The number of para-hydroxylation sites is 1. The first kappa shape index (κ1) is 20.4. The fourth-order valence-electron chi connectivity index (χ4n) is 3.75. The second-order valence-electron chi connectivity index (χ2n) is 7.41. The molecule has 9 heteroatoms. The number of benzene rings is 1. The van der Waals surface area contributed by atoms with Crippen LogP contribution in [0.5, 0.6) is 0 Å². The second-order valence-corrected chi connectivity index (χ2v) is 9.27. The van der Waals surface area contributed by atoms with Crippen LogP contribution in [0.4, 0.5) is 0 Å². The predicted octanol–water partition coefficient (Wildman–Crippen LogP) is 3.64. The summed E-state index contributed by atoms with van der Waals surface area (Å²) in [5.41, 5.74) is 1.66. The van der Waals surface area contributed by atoms with Crippen molar-refractivity contribution in [2.45, 2.75) is 36.4 Å². The van der Waals surface area contributed by atoms with E-state index in [-0.39, 0.29) is 17.2 Å². The van der Waals surface area contributed by atoms with E-state index < -0.39 is 0 Å². The summed E-state index contributed by atoms with van der Waals surface area (Å²) in [5.74, 6) is 0.429. The summed E-state index contributed by atoms with van der Waals surface area (Å²) in [7, 11) is 0. The number of ether oxygens (including phenoxy) is 1. The minimum Gasteiger partial charge on any atom is -0.376 e. The van der Waals surface area contributed by atoms with Crippen molar-refractivity contribution >= 4 is 44.2 Å². The Balaban J connectivity index is 1.50. The molecule has 5 rings (SSSR count). The first-order valence-electron chi connectivity index (χ1n) is 10.0. The average molecular weight is 499 g/mol. The average Bonchev–Trinajstić information content (AvgIpc) is 3.28. The molecule has 1 aliphatic rings. The monoisotopic (exact) mass is 498 g/mol. The van der Waals surface area contributed by atoms with Crippen molar-refractivity contribution in [2.24, 2.45) is 0 Å². The van der Waals surface area contributed by atoms with E-state index in [2.05, 4.69) is 20.9 Å². The number of hydrogen-bond acceptors (Lipinski definition) is 6. The van der Waals surface area contributed by atoms with E-state index in [0.29, 0.717) is 39.7 Å². The Hall–Kier alpha value is -2.49. The summed E-state index contributed by atoms with van der Waals surface area (Å²) < 4.78 is 9.77. The Kier molecular flexibility index (Phi) is 5.64. The Morgan fingerprint density at radius 1 is 1.16 bits per heavy atom. The highest BCUT2D eigenvalue weighted by molar-refractivity contribution is 9.10. The summed E-state index contributed by atoms with van der Waals surface area (Å²) in [4.78, 5) is 35.0. The quantitative estimate of drug-likeness (QED) is 0.308. The molecule has 0 N–H and O–H groups in total. The van der Waals surface area contributed by atoms with Crippen LogP contribution in [0.15, 0.2) is 67.9 Å². The van der Waals surface area contributed by atoms with Gasteiger partial charge in [-0.1, -0.05) is 23.9 Å². The van der Waals surface area contributed by atoms with Gasteiger partial charge in [-0.05, 0) is 53.0 Å². The second kappa shape index (κ2) is 8.57. The molecule has 4 heterocycles. The number of nitrogens with zero attached hydrogens (tertiary/aromatic N) is 4. The maximum absolute atomic E-state index is 13.2. The highest BCUT2D eigenvalue weighted by Gasteiger charge is 2.20. The smallest absolute Gasteiger partial charge is 0.262 e. The van der Waals surface area contributed by atoms with E-state index in [0.717, 1.165) is 23.9 Å². The molecule has 7 nitrogen and oxygen atoms in total. The Labute approximate surface area is 190 Å². The molecule has 3 aromatic heterocycles. The molecular formula is C22H19BrN4O3S. The van der Waals surface area contributed by atoms with Crippen molar-refractivity contribution in [1.82, 2.24) is 18.9 Å². The molecule has 0 bridgehead atoms. The van der Waals surface area contributed by atoms with Gasteiger partial charge in [0.05, 0.1) is 29.2 Å². The zero-order chi connectivity index (χ0) is 21.4. The third kappa shape index (κ3) is 4.17. The van der Waals surface area contributed by atoms with Crippen LogP contribution in [0.3, 0.4) is 0 Å². The van der Waals surface area contributed by atoms with E-state index in [9.17, 15) is 9.59 Å². The molecule has 1 aromatic carbocycles. The van der Waals surface area contributed by atoms with Crippen molar-refractivity contribution in [3.05, 3.63) is 79.5 Å². The van der Waals surface area contributed by atoms with Gasteiger partial charge in [-0.15, -0.1) is 0 Å². The summed E-state index contributed by atoms with van der Waals surface area (Å²) in [5, 5.41) is 1.20. The number of halogens is 1. The predicted molar refractivity (Wildman–Crippen MR) is 124 cm³/mol. The summed E-state index contributed by atoms with van der Waals surface area (Å²) in [6.07, 6.45) is 3.65. The maximum Gasteiger partial charge on any atom is 0.262 e. The van der Waals surface area contributed by atoms with Gasteiger partial charge in [0.15, 0.2) is 5.16 Å². The molecule has 1 fully saturated rings. The Bertz CT molecular complexity index is 1400. The normalized spacial score (nSPS) is 16.4. The first-order valence-corrected chi connectivity index (χ1v) is 11.8. The Morgan fingerprint density at radius 3 is 2.87 bits per heavy atom. The standard InChI is InChI=1S/C22H19BrN4O3S/c23-14-7-8-19-24-15(10-20(28)26(19)11-14)13-31-22-25-18-6-2-1-5-17(18)21(29)27(22)12-16-4-3-9-30-16/h1-2,5-8,10-11,16H,3-4,9,12-13H2. The van der Waals surface area contributed by atoms with Crippen LogP contribution >= 0.6 is 27.7 Å². The maximum atomic E-state index is 13.2. The van der Waals surface area contributed by atoms with Crippen LogP contribution < -0.4 is 11.1 Å². The van der Waals surface area contributed by atoms with Gasteiger partial charge in [0.25, 0.3) is 11.1 Å². The molecule has 1 aliphatic heterocycles. The fraction of sp³-hybridized carbons (Fsp3) is 0.273. The molecule has 0 amide bonds. The molecule has 31 heavy (non-hydrogen) atoms. The number of thioether (sulfide) groups is 1. The van der Waals surface area contributed by atoms with E-state index in [4.69, 9.17) is 9.72 Å². The summed E-state index contributed by atoms with van der Waals surface area (Å²) in [6, 6.07) is 12.5. The van der Waals surface area contributed by atoms with Crippen molar-refractivity contribution in [3.8, 4) is 0 Å². The lowest BCUT2D eigenvalue weighted by molar-refractivity contribution is 0.0937. The molecule has 0 saturated carbocycles. The van der Waals surface area contributed by atoms with Crippen LogP contribution in [-0.4, -0.2) is 31.6 Å². The highest BCUT2D eigenvalue weighted by Crippen LogP contribution is 2.23. The molecule has 1 atom stereocenters. The fourth-order valence-corrected chi connectivity index (χ4v) is 4.99. The minimum absolute atomic E-state index is 0.0156. The molecule has 0 aliphatic carbocycles. The molecule has 0 spiro atoms. The van der Waals surface area contributed by atoms with Gasteiger partial charge >= 0.3 is 0 Å². The molecular weight excluding hydrogens is 480 g/mol. The number of fused-ring (bicyclic) bond motifs is 2. The minimum atomic E-state index is -0.148. The largest absolute Gasteiger partial charge is 0.376 e.